The first-order valence-electron chi connectivity index (χ1n) is 10.1. The summed E-state index contributed by atoms with van der Waals surface area (Å²) in [4.78, 5) is 39.1. The molecule has 1 atom stereocenters. The fourth-order valence-electron chi connectivity index (χ4n) is 3.65. The zero-order valence-electron chi connectivity index (χ0n) is 16.9. The second-order valence-electron chi connectivity index (χ2n) is 7.28. The number of benzene rings is 1. The Kier molecular flexibility index (Phi) is 6.89. The number of fused-ring (bicyclic) bond motifs is 1. The molecule has 0 saturated carbocycles. The minimum Gasteiger partial charge on any atom is -0.487 e. The van der Waals surface area contributed by atoms with E-state index in [0.29, 0.717) is 12.8 Å². The van der Waals surface area contributed by atoms with E-state index < -0.39 is 22.9 Å². The minimum atomic E-state index is -1.36. The third-order valence-corrected chi connectivity index (χ3v) is 5.17. The van der Waals surface area contributed by atoms with E-state index in [2.05, 4.69) is 0 Å². The van der Waals surface area contributed by atoms with E-state index >= 15 is 0 Å². The molecule has 1 aliphatic rings. The van der Waals surface area contributed by atoms with Crippen LogP contribution in [0, 0.1) is 0 Å². The van der Waals surface area contributed by atoms with Gasteiger partial charge >= 0.3 is 5.97 Å². The molecule has 0 aliphatic carbocycles. The number of hydrogen-bond donors (Lipinski definition) is 2. The van der Waals surface area contributed by atoms with Gasteiger partial charge in [0.15, 0.2) is 11.4 Å². The molecule has 0 spiro atoms. The number of aromatic nitrogens is 1. The number of aromatic carboxylic acids is 1. The van der Waals surface area contributed by atoms with Gasteiger partial charge in [0.05, 0.1) is 19.3 Å². The Morgan fingerprint density at radius 2 is 1.97 bits per heavy atom. The van der Waals surface area contributed by atoms with E-state index in [9.17, 15) is 24.6 Å². The standard InChI is InChI=1S/C22H26N2O6/c1-2-3-11-30-20-18-21(27)23(9-10-25)13-16(12-15-7-5-4-6-8-15)24(18)14-17(19(20)26)22(28)29/h4-8,14,16,25H,2-3,9-13H2,1H3,(H,28,29). The average molecular weight is 414 g/mol. The number of pyridine rings is 1. The van der Waals surface area contributed by atoms with Crippen LogP contribution in [0.5, 0.6) is 5.75 Å². The van der Waals surface area contributed by atoms with Gasteiger partial charge in [-0.1, -0.05) is 43.7 Å². The van der Waals surface area contributed by atoms with Crippen LogP contribution in [0.25, 0.3) is 0 Å². The van der Waals surface area contributed by atoms with Crippen LogP contribution in [0.2, 0.25) is 0 Å². The molecule has 160 valence electrons. The Morgan fingerprint density at radius 1 is 1.23 bits per heavy atom. The molecule has 1 aromatic carbocycles. The molecule has 1 aromatic heterocycles. The van der Waals surface area contributed by atoms with Gasteiger partial charge in [-0.15, -0.1) is 0 Å². The fraction of sp³-hybridized carbons (Fsp3) is 0.409. The topological polar surface area (TPSA) is 109 Å². The van der Waals surface area contributed by atoms with Crippen molar-refractivity contribution in [3.63, 3.8) is 0 Å². The van der Waals surface area contributed by atoms with Gasteiger partial charge in [0.25, 0.3) is 5.91 Å². The second kappa shape index (κ2) is 9.58. The number of aliphatic hydroxyl groups excluding tert-OH is 1. The zero-order chi connectivity index (χ0) is 21.7. The number of carboxylic acids is 1. The van der Waals surface area contributed by atoms with Crippen LogP contribution in [0.1, 0.15) is 52.2 Å². The SMILES string of the molecule is CCCCOc1c2n(cc(C(=O)O)c1=O)C(Cc1ccccc1)CN(CCO)C2=O. The van der Waals surface area contributed by atoms with E-state index in [4.69, 9.17) is 4.74 Å². The highest BCUT2D eigenvalue weighted by Gasteiger charge is 2.36. The van der Waals surface area contributed by atoms with Crippen molar-refractivity contribution >= 4 is 11.9 Å². The molecule has 30 heavy (non-hydrogen) atoms. The van der Waals surface area contributed by atoms with Crippen molar-refractivity contribution in [2.24, 2.45) is 0 Å². The summed E-state index contributed by atoms with van der Waals surface area (Å²) in [7, 11) is 0. The second-order valence-corrected chi connectivity index (χ2v) is 7.28. The summed E-state index contributed by atoms with van der Waals surface area (Å²) in [5.74, 6) is -2.04. The summed E-state index contributed by atoms with van der Waals surface area (Å²) >= 11 is 0. The van der Waals surface area contributed by atoms with Crippen LogP contribution < -0.4 is 10.2 Å². The summed E-state index contributed by atoms with van der Waals surface area (Å²) < 4.78 is 7.22. The predicted octanol–water partition coefficient (Wildman–Crippen LogP) is 1.96. The average Bonchev–Trinajstić information content (AvgIpc) is 2.73. The van der Waals surface area contributed by atoms with E-state index in [0.717, 1.165) is 12.0 Å². The van der Waals surface area contributed by atoms with Crippen LogP contribution in [0.15, 0.2) is 41.3 Å². The van der Waals surface area contributed by atoms with E-state index in [1.165, 1.54) is 11.1 Å². The highest BCUT2D eigenvalue weighted by molar-refractivity contribution is 5.97. The zero-order valence-corrected chi connectivity index (χ0v) is 16.9. The number of carbonyl (C=O) groups is 2. The molecular weight excluding hydrogens is 388 g/mol. The summed E-state index contributed by atoms with van der Waals surface area (Å²) in [6.45, 7) is 2.36. The van der Waals surface area contributed by atoms with Gasteiger partial charge in [-0.2, -0.15) is 0 Å². The van der Waals surface area contributed by atoms with Crippen LogP contribution in [-0.4, -0.2) is 57.9 Å². The maximum atomic E-state index is 13.1. The molecular formula is C22H26N2O6. The number of carboxylic acid groups (broad SMARTS) is 1. The number of hydrogen-bond acceptors (Lipinski definition) is 5. The molecule has 8 heteroatoms. The summed E-state index contributed by atoms with van der Waals surface area (Å²) in [6.07, 6.45) is 3.26. The lowest BCUT2D eigenvalue weighted by Crippen LogP contribution is -2.46. The van der Waals surface area contributed by atoms with Crippen LogP contribution in [-0.2, 0) is 6.42 Å². The number of β-amino-alcohol motifs (C(OH)–C–C–N with tert-alkyl or cyclic N) is 1. The molecule has 1 amide bonds. The molecule has 2 aromatic rings. The van der Waals surface area contributed by atoms with Crippen LogP contribution >= 0.6 is 0 Å². The van der Waals surface area contributed by atoms with Crippen molar-refractivity contribution in [1.29, 1.82) is 0 Å². The Labute approximate surface area is 174 Å². The maximum absolute atomic E-state index is 13.1. The molecule has 0 fully saturated rings. The van der Waals surface area contributed by atoms with Gasteiger partial charge in [-0.25, -0.2) is 4.79 Å². The van der Waals surface area contributed by atoms with E-state index in [-0.39, 0.29) is 43.8 Å². The number of nitrogens with zero attached hydrogens (tertiary/aromatic N) is 2. The molecule has 0 bridgehead atoms. The predicted molar refractivity (Wildman–Crippen MR) is 110 cm³/mol. The quantitative estimate of drug-likeness (QED) is 0.607. The molecule has 0 saturated heterocycles. The monoisotopic (exact) mass is 414 g/mol. The molecule has 2 N–H and O–H groups in total. The third-order valence-electron chi connectivity index (χ3n) is 5.17. The minimum absolute atomic E-state index is 0.0433. The van der Waals surface area contributed by atoms with Gasteiger partial charge in [0.2, 0.25) is 5.43 Å². The molecule has 1 unspecified atom stereocenters. The smallest absolute Gasteiger partial charge is 0.341 e. The third kappa shape index (κ3) is 4.38. The first kappa shape index (κ1) is 21.6. The Hall–Kier alpha value is -3.13. The number of carbonyl (C=O) groups excluding carboxylic acids is 1. The molecule has 1 aliphatic heterocycles. The lowest BCUT2D eigenvalue weighted by Gasteiger charge is -2.36. The number of amides is 1. The van der Waals surface area contributed by atoms with Crippen molar-refractivity contribution in [2.75, 3.05) is 26.3 Å². The number of unbranched alkanes of at least 4 members (excludes halogenated alkanes) is 1. The maximum Gasteiger partial charge on any atom is 0.341 e. The highest BCUT2D eigenvalue weighted by Crippen LogP contribution is 2.29. The number of ether oxygens (including phenoxy) is 1. The first-order valence-corrected chi connectivity index (χ1v) is 10.1. The van der Waals surface area contributed by atoms with Gasteiger partial charge in [0.1, 0.15) is 5.56 Å². The van der Waals surface area contributed by atoms with Gasteiger partial charge < -0.3 is 24.4 Å². The summed E-state index contributed by atoms with van der Waals surface area (Å²) in [6, 6.07) is 9.31. The lowest BCUT2D eigenvalue weighted by molar-refractivity contribution is 0.0609. The number of aliphatic hydroxyl groups is 1. The van der Waals surface area contributed by atoms with E-state index in [1.807, 2.05) is 37.3 Å². The van der Waals surface area contributed by atoms with Crippen molar-refractivity contribution in [1.82, 2.24) is 9.47 Å². The van der Waals surface area contributed by atoms with Gasteiger partial charge in [0, 0.05) is 19.3 Å². The Bertz CT molecular complexity index is 970. The molecule has 0 radical (unpaired) electrons. The Balaban J connectivity index is 2.15. The molecule has 2 heterocycles. The molecule has 8 nitrogen and oxygen atoms in total. The fourth-order valence-corrected chi connectivity index (χ4v) is 3.65. The van der Waals surface area contributed by atoms with Crippen LogP contribution in [0.4, 0.5) is 0 Å². The highest BCUT2D eigenvalue weighted by atomic mass is 16.5. The Morgan fingerprint density at radius 3 is 2.60 bits per heavy atom. The van der Waals surface area contributed by atoms with Crippen molar-refractivity contribution < 1.29 is 24.5 Å². The largest absolute Gasteiger partial charge is 0.487 e. The van der Waals surface area contributed by atoms with Crippen molar-refractivity contribution in [3.05, 3.63) is 63.6 Å². The van der Waals surface area contributed by atoms with Crippen molar-refractivity contribution in [3.8, 4) is 5.75 Å². The summed E-state index contributed by atoms with van der Waals surface area (Å²) in [5, 5.41) is 18.9. The summed E-state index contributed by atoms with van der Waals surface area (Å²) in [5.41, 5.74) is -0.174. The van der Waals surface area contributed by atoms with Crippen LogP contribution in [0.3, 0.4) is 0 Å². The van der Waals surface area contributed by atoms with Gasteiger partial charge in [-0.3, -0.25) is 9.59 Å². The van der Waals surface area contributed by atoms with Gasteiger partial charge in [-0.05, 0) is 18.4 Å². The number of rotatable bonds is 9. The first-order chi connectivity index (χ1) is 14.5. The van der Waals surface area contributed by atoms with E-state index in [1.54, 1.807) is 4.57 Å². The lowest BCUT2D eigenvalue weighted by atomic mass is 10.0. The normalized spacial score (nSPS) is 15.7. The van der Waals surface area contributed by atoms with Crippen molar-refractivity contribution in [2.45, 2.75) is 32.2 Å². The molecule has 3 rings (SSSR count).